The Balaban J connectivity index is 1.51. The highest BCUT2D eigenvalue weighted by Gasteiger charge is 2.13. The standard InChI is InChI=1S/C27H32N4O3/c1-4-31(5-2)20-19-28-26(32)21-11-15-23(16-12-21)30(3)27(33)29-22-13-17-25(18-14-22)34-24-9-7-6-8-10-24/h6-18H,4-5,19-20H2,1-3H3,(H,28,32)(H,29,33). The zero-order valence-electron chi connectivity index (χ0n) is 20.0. The molecule has 34 heavy (non-hydrogen) atoms. The zero-order valence-corrected chi connectivity index (χ0v) is 20.0. The van der Waals surface area contributed by atoms with Crippen LogP contribution in [0.4, 0.5) is 16.2 Å². The highest BCUT2D eigenvalue weighted by molar-refractivity contribution is 6.02. The Bertz CT molecular complexity index is 1050. The van der Waals surface area contributed by atoms with Gasteiger partial charge in [0.15, 0.2) is 0 Å². The lowest BCUT2D eigenvalue weighted by atomic mass is 10.2. The van der Waals surface area contributed by atoms with E-state index < -0.39 is 0 Å². The molecule has 7 heteroatoms. The SMILES string of the molecule is CCN(CC)CCNC(=O)c1ccc(N(C)C(=O)Nc2ccc(Oc3ccccc3)cc2)cc1. The first-order chi connectivity index (χ1) is 16.5. The van der Waals surface area contributed by atoms with Crippen LogP contribution in [0.5, 0.6) is 11.5 Å². The second-order valence-electron chi connectivity index (χ2n) is 7.76. The molecule has 2 N–H and O–H groups in total. The molecule has 0 spiro atoms. The minimum atomic E-state index is -0.284. The maximum Gasteiger partial charge on any atom is 0.326 e. The van der Waals surface area contributed by atoms with Gasteiger partial charge in [0.2, 0.25) is 0 Å². The van der Waals surface area contributed by atoms with Gasteiger partial charge in [-0.1, -0.05) is 32.0 Å². The van der Waals surface area contributed by atoms with Gasteiger partial charge in [-0.05, 0) is 73.8 Å². The van der Waals surface area contributed by atoms with Crippen LogP contribution < -0.4 is 20.3 Å². The number of carbonyl (C=O) groups excluding carboxylic acids is 2. The minimum Gasteiger partial charge on any atom is -0.457 e. The Morgan fingerprint density at radius 2 is 1.44 bits per heavy atom. The van der Waals surface area contributed by atoms with Crippen molar-refractivity contribution in [1.29, 1.82) is 0 Å². The van der Waals surface area contributed by atoms with E-state index in [0.717, 1.165) is 25.4 Å². The Labute approximate surface area is 201 Å². The lowest BCUT2D eigenvalue weighted by Gasteiger charge is -2.19. The van der Waals surface area contributed by atoms with Crippen LogP contribution in [-0.4, -0.2) is 50.1 Å². The van der Waals surface area contributed by atoms with Crippen LogP contribution in [0.2, 0.25) is 0 Å². The van der Waals surface area contributed by atoms with Crippen molar-refractivity contribution in [3.05, 3.63) is 84.4 Å². The van der Waals surface area contributed by atoms with Gasteiger partial charge in [0, 0.05) is 37.1 Å². The topological polar surface area (TPSA) is 73.9 Å². The monoisotopic (exact) mass is 460 g/mol. The number of likely N-dealkylation sites (N-methyl/N-ethyl adjacent to an activating group) is 1. The number of urea groups is 1. The summed E-state index contributed by atoms with van der Waals surface area (Å²) in [4.78, 5) is 28.8. The average Bonchev–Trinajstić information content (AvgIpc) is 2.88. The van der Waals surface area contributed by atoms with Crippen molar-refractivity contribution in [3.8, 4) is 11.5 Å². The molecule has 0 unspecified atom stereocenters. The molecule has 178 valence electrons. The number of ether oxygens (including phenoxy) is 1. The van der Waals surface area contributed by atoms with Crippen LogP contribution in [0.15, 0.2) is 78.9 Å². The Morgan fingerprint density at radius 1 is 0.824 bits per heavy atom. The molecule has 0 aromatic heterocycles. The van der Waals surface area contributed by atoms with Gasteiger partial charge >= 0.3 is 6.03 Å². The van der Waals surface area contributed by atoms with E-state index in [1.165, 1.54) is 4.90 Å². The summed E-state index contributed by atoms with van der Waals surface area (Å²) in [6.07, 6.45) is 0. The largest absolute Gasteiger partial charge is 0.457 e. The smallest absolute Gasteiger partial charge is 0.326 e. The summed E-state index contributed by atoms with van der Waals surface area (Å²) in [6, 6.07) is 23.4. The summed E-state index contributed by atoms with van der Waals surface area (Å²) < 4.78 is 5.77. The number of benzene rings is 3. The third-order valence-corrected chi connectivity index (χ3v) is 5.51. The summed E-state index contributed by atoms with van der Waals surface area (Å²) >= 11 is 0. The fraction of sp³-hybridized carbons (Fsp3) is 0.259. The van der Waals surface area contributed by atoms with Crippen molar-refractivity contribution in [2.24, 2.45) is 0 Å². The van der Waals surface area contributed by atoms with Gasteiger partial charge in [0.25, 0.3) is 5.91 Å². The Kier molecular flexibility index (Phi) is 9.05. The van der Waals surface area contributed by atoms with Gasteiger partial charge in [0.05, 0.1) is 0 Å². The summed E-state index contributed by atoms with van der Waals surface area (Å²) in [5.41, 5.74) is 1.90. The third-order valence-electron chi connectivity index (χ3n) is 5.51. The van der Waals surface area contributed by atoms with Crippen molar-refractivity contribution >= 4 is 23.3 Å². The van der Waals surface area contributed by atoms with Gasteiger partial charge in [0.1, 0.15) is 11.5 Å². The van der Waals surface area contributed by atoms with E-state index in [9.17, 15) is 9.59 Å². The molecule has 0 bridgehead atoms. The average molecular weight is 461 g/mol. The normalized spacial score (nSPS) is 10.6. The molecule has 3 rings (SSSR count). The van der Waals surface area contributed by atoms with E-state index in [2.05, 4.69) is 29.4 Å². The first-order valence-corrected chi connectivity index (χ1v) is 11.5. The number of carbonyl (C=O) groups is 2. The van der Waals surface area contributed by atoms with Gasteiger partial charge in [-0.3, -0.25) is 9.69 Å². The predicted molar refractivity (Wildman–Crippen MR) is 137 cm³/mol. The van der Waals surface area contributed by atoms with Gasteiger partial charge in [-0.25, -0.2) is 4.79 Å². The number of amides is 3. The lowest BCUT2D eigenvalue weighted by Crippen LogP contribution is -2.34. The minimum absolute atomic E-state index is 0.122. The summed E-state index contributed by atoms with van der Waals surface area (Å²) in [5, 5.41) is 5.80. The summed E-state index contributed by atoms with van der Waals surface area (Å²) in [7, 11) is 1.68. The van der Waals surface area contributed by atoms with Gasteiger partial charge in [-0.15, -0.1) is 0 Å². The molecule has 0 heterocycles. The lowest BCUT2D eigenvalue weighted by molar-refractivity contribution is 0.0949. The Morgan fingerprint density at radius 3 is 2.06 bits per heavy atom. The third kappa shape index (κ3) is 7.08. The molecule has 0 aliphatic carbocycles. The second kappa shape index (κ2) is 12.4. The maximum atomic E-state index is 12.7. The maximum absolute atomic E-state index is 12.7. The van der Waals surface area contributed by atoms with Gasteiger partial charge < -0.3 is 20.3 Å². The van der Waals surface area contributed by atoms with Crippen molar-refractivity contribution in [2.75, 3.05) is 43.4 Å². The highest BCUT2D eigenvalue weighted by Crippen LogP contribution is 2.23. The van der Waals surface area contributed by atoms with E-state index in [0.29, 0.717) is 29.2 Å². The zero-order chi connectivity index (χ0) is 24.3. The highest BCUT2D eigenvalue weighted by atomic mass is 16.5. The molecule has 3 aromatic carbocycles. The van der Waals surface area contributed by atoms with E-state index in [-0.39, 0.29) is 11.9 Å². The van der Waals surface area contributed by atoms with E-state index in [4.69, 9.17) is 4.74 Å². The molecular formula is C27H32N4O3. The van der Waals surface area contributed by atoms with Crippen LogP contribution >= 0.6 is 0 Å². The number of para-hydroxylation sites is 1. The Hall–Kier alpha value is -3.84. The van der Waals surface area contributed by atoms with Crippen LogP contribution in [0, 0.1) is 0 Å². The quantitative estimate of drug-likeness (QED) is 0.435. The van der Waals surface area contributed by atoms with Crippen molar-refractivity contribution in [2.45, 2.75) is 13.8 Å². The molecule has 0 aliphatic rings. The molecular weight excluding hydrogens is 428 g/mol. The van der Waals surface area contributed by atoms with E-state index in [1.54, 1.807) is 55.6 Å². The number of anilines is 2. The van der Waals surface area contributed by atoms with E-state index >= 15 is 0 Å². The fourth-order valence-electron chi connectivity index (χ4n) is 3.36. The van der Waals surface area contributed by atoms with Crippen LogP contribution in [-0.2, 0) is 0 Å². The second-order valence-corrected chi connectivity index (χ2v) is 7.76. The van der Waals surface area contributed by atoms with E-state index in [1.807, 2.05) is 30.3 Å². The molecule has 0 atom stereocenters. The molecule has 0 saturated heterocycles. The number of rotatable bonds is 10. The number of hydrogen-bond donors (Lipinski definition) is 2. The van der Waals surface area contributed by atoms with Crippen molar-refractivity contribution < 1.29 is 14.3 Å². The van der Waals surface area contributed by atoms with Crippen LogP contribution in [0.1, 0.15) is 24.2 Å². The van der Waals surface area contributed by atoms with Crippen LogP contribution in [0.25, 0.3) is 0 Å². The predicted octanol–water partition coefficient (Wildman–Crippen LogP) is 5.22. The van der Waals surface area contributed by atoms with Crippen LogP contribution in [0.3, 0.4) is 0 Å². The molecule has 7 nitrogen and oxygen atoms in total. The molecule has 3 amide bonds. The van der Waals surface area contributed by atoms with Crippen molar-refractivity contribution in [3.63, 3.8) is 0 Å². The molecule has 3 aromatic rings. The summed E-state index contributed by atoms with van der Waals surface area (Å²) in [6.45, 7) is 7.54. The molecule has 0 radical (unpaired) electrons. The number of nitrogens with one attached hydrogen (secondary N) is 2. The molecule has 0 fully saturated rings. The van der Waals surface area contributed by atoms with Crippen molar-refractivity contribution in [1.82, 2.24) is 10.2 Å². The fourth-order valence-corrected chi connectivity index (χ4v) is 3.36. The van der Waals surface area contributed by atoms with Gasteiger partial charge in [-0.2, -0.15) is 0 Å². The molecule has 0 aliphatic heterocycles. The number of hydrogen-bond acceptors (Lipinski definition) is 4. The summed E-state index contributed by atoms with van der Waals surface area (Å²) in [5.74, 6) is 1.31. The number of nitrogens with zero attached hydrogens (tertiary/aromatic N) is 2. The first kappa shape index (κ1) is 24.8. The first-order valence-electron chi connectivity index (χ1n) is 11.5. The molecule has 0 saturated carbocycles.